The van der Waals surface area contributed by atoms with Gasteiger partial charge in [0.1, 0.15) is 0 Å². The van der Waals surface area contributed by atoms with Crippen molar-refractivity contribution < 1.29 is 15.1 Å². The second kappa shape index (κ2) is 23.9. The maximum atomic E-state index is 13.3. The van der Waals surface area contributed by atoms with Gasteiger partial charge in [-0.3, -0.25) is 19.4 Å². The third-order valence-electron chi connectivity index (χ3n) is 14.0. The molecular weight excluding hydrogens is 900 g/mol. The second-order valence-corrected chi connectivity index (χ2v) is 18.1. The number of carbonyl (C=O) groups is 2. The van der Waals surface area contributed by atoms with E-state index in [9.17, 15) is 9.59 Å². The van der Waals surface area contributed by atoms with Crippen LogP contribution in [-0.4, -0.2) is 98.4 Å². The number of nitrogens with zero attached hydrogens (tertiary/aromatic N) is 6. The van der Waals surface area contributed by atoms with Gasteiger partial charge in [0, 0.05) is 123 Å². The molecule has 2 aliphatic rings. The Morgan fingerprint density at radius 1 is 0.391 bits per heavy atom. The number of carbonyl (C=O) groups excluding carboxylic acids is 2. The molecule has 11 heteroatoms. The van der Waals surface area contributed by atoms with Crippen LogP contribution in [0.2, 0.25) is 0 Å². The number of rotatable bonds is 10. The predicted octanol–water partition coefficient (Wildman–Crippen LogP) is 10.5. The maximum absolute atomic E-state index is 13.3. The van der Waals surface area contributed by atoms with Gasteiger partial charge in [-0.25, -0.2) is 0 Å². The van der Waals surface area contributed by atoms with Gasteiger partial charge in [0.15, 0.2) is 0 Å². The van der Waals surface area contributed by atoms with Gasteiger partial charge in [0.25, 0.3) is 11.8 Å². The molecule has 360 valence electrons. The van der Waals surface area contributed by atoms with Crippen molar-refractivity contribution in [3.63, 3.8) is 0 Å². The Hall–Kier alpha value is -6.20. The number of hydrogen-bond donors (Lipinski definition) is 0. The number of benzene rings is 6. The lowest BCUT2D eigenvalue weighted by Gasteiger charge is -2.34. The lowest BCUT2D eigenvalue weighted by Crippen LogP contribution is -2.48. The molecule has 4 heterocycles. The van der Waals surface area contributed by atoms with Crippen LogP contribution >= 0.6 is 24.8 Å². The Morgan fingerprint density at radius 3 is 0.986 bits per heavy atom. The Kier molecular flexibility index (Phi) is 18.1. The van der Waals surface area contributed by atoms with Gasteiger partial charge in [-0.05, 0) is 97.5 Å². The highest BCUT2D eigenvalue weighted by molar-refractivity contribution is 6.00. The van der Waals surface area contributed by atoms with Crippen LogP contribution in [0.5, 0.6) is 0 Å². The van der Waals surface area contributed by atoms with Crippen LogP contribution < -0.4 is 0 Å². The molecule has 2 aliphatic heterocycles. The van der Waals surface area contributed by atoms with Gasteiger partial charge >= 0.3 is 0 Å². The minimum absolute atomic E-state index is 0. The molecule has 0 spiro atoms. The molecule has 0 saturated carbocycles. The van der Waals surface area contributed by atoms with E-state index in [1.807, 2.05) is 21.9 Å². The summed E-state index contributed by atoms with van der Waals surface area (Å²) in [6, 6.07) is 54.6. The number of aryl methyl sites for hydroxylation is 2. The van der Waals surface area contributed by atoms with Crippen LogP contribution in [0.4, 0.5) is 0 Å². The SMILES string of the molecule is Cc1c(C)n(Cc2ccccc2)c2ccc(C(=O)N3CCN(Cc4ccccc4)CC3)cc12.Cc1c(C)n(Cc2ccccc2)c2ccc(C(=O)N3CCN(Cc4ccccc4)CC3)cc12.Cl.Cl.O. The highest BCUT2D eigenvalue weighted by Crippen LogP contribution is 2.30. The first kappa shape index (κ1) is 52.2. The fourth-order valence-electron chi connectivity index (χ4n) is 9.77. The third kappa shape index (κ3) is 12.0. The average molecular weight is 966 g/mol. The van der Waals surface area contributed by atoms with Crippen molar-refractivity contribution in [3.8, 4) is 0 Å². The molecule has 2 aromatic heterocycles. The Balaban J connectivity index is 0.000000217. The molecule has 6 aromatic carbocycles. The maximum Gasteiger partial charge on any atom is 0.253 e. The van der Waals surface area contributed by atoms with E-state index in [1.54, 1.807) is 0 Å². The summed E-state index contributed by atoms with van der Waals surface area (Å²) in [5.74, 6) is 0.285. The summed E-state index contributed by atoms with van der Waals surface area (Å²) in [7, 11) is 0. The number of piperazine rings is 2. The van der Waals surface area contributed by atoms with E-state index in [0.29, 0.717) is 0 Å². The highest BCUT2D eigenvalue weighted by Gasteiger charge is 2.25. The van der Waals surface area contributed by atoms with Crippen molar-refractivity contribution in [3.05, 3.63) is 214 Å². The molecular formula is C58H66Cl2N6O3. The fourth-order valence-corrected chi connectivity index (χ4v) is 9.77. The van der Waals surface area contributed by atoms with Gasteiger partial charge in [-0.15, -0.1) is 24.8 Å². The lowest BCUT2D eigenvalue weighted by molar-refractivity contribution is 0.0622. The fraction of sp³-hybridized carbons (Fsp3) is 0.276. The number of aromatic nitrogens is 2. The molecule has 9 nitrogen and oxygen atoms in total. The summed E-state index contributed by atoms with van der Waals surface area (Å²) in [4.78, 5) is 35.5. The van der Waals surface area contributed by atoms with E-state index in [0.717, 1.165) is 89.7 Å². The van der Waals surface area contributed by atoms with Crippen molar-refractivity contribution in [2.24, 2.45) is 0 Å². The van der Waals surface area contributed by atoms with Gasteiger partial charge in [-0.1, -0.05) is 121 Å². The monoisotopic (exact) mass is 964 g/mol. The van der Waals surface area contributed by atoms with E-state index in [-0.39, 0.29) is 42.1 Å². The first-order chi connectivity index (χ1) is 32.2. The van der Waals surface area contributed by atoms with Gasteiger partial charge in [-0.2, -0.15) is 0 Å². The zero-order valence-corrected chi connectivity index (χ0v) is 41.9. The smallest absolute Gasteiger partial charge is 0.253 e. The van der Waals surface area contributed by atoms with Crippen molar-refractivity contribution in [1.29, 1.82) is 0 Å². The van der Waals surface area contributed by atoms with Crippen LogP contribution in [0.1, 0.15) is 65.5 Å². The van der Waals surface area contributed by atoms with Crippen LogP contribution in [-0.2, 0) is 26.2 Å². The summed E-state index contributed by atoms with van der Waals surface area (Å²) in [5, 5.41) is 2.36. The van der Waals surface area contributed by atoms with Crippen LogP contribution in [0.25, 0.3) is 21.8 Å². The Morgan fingerprint density at radius 2 is 0.681 bits per heavy atom. The molecule has 0 radical (unpaired) electrons. The van der Waals surface area contributed by atoms with Gasteiger partial charge < -0.3 is 24.4 Å². The lowest BCUT2D eigenvalue weighted by atomic mass is 10.1. The van der Waals surface area contributed by atoms with Crippen molar-refractivity contribution in [1.82, 2.24) is 28.7 Å². The van der Waals surface area contributed by atoms with E-state index in [1.165, 1.54) is 66.6 Å². The zero-order valence-electron chi connectivity index (χ0n) is 40.3. The summed E-state index contributed by atoms with van der Waals surface area (Å²) >= 11 is 0. The van der Waals surface area contributed by atoms with E-state index in [2.05, 4.69) is 192 Å². The molecule has 2 saturated heterocycles. The van der Waals surface area contributed by atoms with Gasteiger partial charge in [0.2, 0.25) is 0 Å². The molecule has 0 bridgehead atoms. The summed E-state index contributed by atoms with van der Waals surface area (Å²) in [5.41, 5.74) is 14.2. The van der Waals surface area contributed by atoms with Crippen LogP contribution in [0.3, 0.4) is 0 Å². The normalized spacial score (nSPS) is 14.0. The van der Waals surface area contributed by atoms with E-state index in [4.69, 9.17) is 0 Å². The molecule has 8 aromatic rings. The average Bonchev–Trinajstić information content (AvgIpc) is 3.74. The summed E-state index contributed by atoms with van der Waals surface area (Å²) in [6.07, 6.45) is 0. The molecule has 69 heavy (non-hydrogen) atoms. The molecule has 2 fully saturated rings. The summed E-state index contributed by atoms with van der Waals surface area (Å²) in [6.45, 7) is 19.0. The predicted molar refractivity (Wildman–Crippen MR) is 287 cm³/mol. The van der Waals surface area contributed by atoms with E-state index >= 15 is 0 Å². The quantitative estimate of drug-likeness (QED) is 0.137. The number of amides is 2. The zero-order chi connectivity index (χ0) is 45.6. The highest BCUT2D eigenvalue weighted by atomic mass is 35.5. The molecule has 0 aliphatic carbocycles. The third-order valence-corrected chi connectivity index (χ3v) is 14.0. The summed E-state index contributed by atoms with van der Waals surface area (Å²) < 4.78 is 4.72. The van der Waals surface area contributed by atoms with Crippen molar-refractivity contribution in [2.75, 3.05) is 52.4 Å². The first-order valence-electron chi connectivity index (χ1n) is 23.6. The standard InChI is InChI=1S/2C29H31N3O.2ClH.H2O/c2*1-22-23(2)32(21-25-11-7-4-8-12-25)28-14-13-26(19-27(22)28)29(33)31-17-15-30(16-18-31)20-24-9-5-3-6-10-24;;;/h2*3-14,19H,15-18,20-21H2,1-2H3;2*1H;1H2. The Bertz CT molecular complexity index is 2720. The molecule has 0 unspecified atom stereocenters. The minimum atomic E-state index is 0. The van der Waals surface area contributed by atoms with E-state index < -0.39 is 0 Å². The molecule has 2 amide bonds. The molecule has 0 atom stereocenters. The molecule has 10 rings (SSSR count). The largest absolute Gasteiger partial charge is 0.412 e. The number of halogens is 2. The topological polar surface area (TPSA) is 88.5 Å². The number of fused-ring (bicyclic) bond motifs is 2. The van der Waals surface area contributed by atoms with Crippen molar-refractivity contribution in [2.45, 2.75) is 53.9 Å². The Labute approximate surface area is 420 Å². The second-order valence-electron chi connectivity index (χ2n) is 18.1. The minimum Gasteiger partial charge on any atom is -0.412 e. The molecule has 2 N–H and O–H groups in total. The van der Waals surface area contributed by atoms with Crippen molar-refractivity contribution >= 4 is 58.4 Å². The van der Waals surface area contributed by atoms with Crippen LogP contribution in [0.15, 0.2) is 158 Å². The van der Waals surface area contributed by atoms with Crippen LogP contribution in [0, 0.1) is 27.7 Å². The van der Waals surface area contributed by atoms with Gasteiger partial charge in [0.05, 0.1) is 0 Å². The first-order valence-corrected chi connectivity index (χ1v) is 23.6. The number of hydrogen-bond acceptors (Lipinski definition) is 4.